The Kier molecular flexibility index (Phi) is 6.10. The van der Waals surface area contributed by atoms with Gasteiger partial charge in [0, 0.05) is 25.7 Å². The van der Waals surface area contributed by atoms with Crippen LogP contribution in [0.5, 0.6) is 5.88 Å². The Morgan fingerprint density at radius 1 is 1.22 bits per heavy atom. The minimum absolute atomic E-state index is 0.0568. The number of carbonyl (C=O) groups is 1. The summed E-state index contributed by atoms with van der Waals surface area (Å²) in [5.41, 5.74) is 5.86. The first kappa shape index (κ1) is 16.9. The van der Waals surface area contributed by atoms with E-state index in [1.54, 1.807) is 19.2 Å². The SMILES string of the molecule is CNOC(=O)c1cnc(NCc2ccc(Cl)cc2)nc1ONC. The van der Waals surface area contributed by atoms with E-state index in [1.165, 1.54) is 13.2 Å². The van der Waals surface area contributed by atoms with E-state index >= 15 is 0 Å². The number of nitrogens with zero attached hydrogens (tertiary/aromatic N) is 2. The molecule has 0 bridgehead atoms. The molecule has 0 aliphatic carbocycles. The van der Waals surface area contributed by atoms with E-state index in [-0.39, 0.29) is 11.4 Å². The summed E-state index contributed by atoms with van der Waals surface area (Å²) in [5, 5.41) is 3.71. The van der Waals surface area contributed by atoms with Gasteiger partial charge in [0.05, 0.1) is 6.20 Å². The number of halogens is 1. The second kappa shape index (κ2) is 8.28. The number of hydrogen-bond acceptors (Lipinski definition) is 8. The Hall–Kier alpha value is -2.42. The topological polar surface area (TPSA) is 97.4 Å². The molecule has 0 aliphatic heterocycles. The number of carbonyl (C=O) groups excluding carboxylic acids is 1. The van der Waals surface area contributed by atoms with Crippen molar-refractivity contribution in [3.63, 3.8) is 0 Å². The van der Waals surface area contributed by atoms with E-state index in [2.05, 4.69) is 31.1 Å². The molecule has 122 valence electrons. The summed E-state index contributed by atoms with van der Waals surface area (Å²) < 4.78 is 0. The van der Waals surface area contributed by atoms with Crippen LogP contribution >= 0.6 is 11.6 Å². The number of benzene rings is 1. The quantitative estimate of drug-likeness (QED) is 0.655. The maximum atomic E-state index is 11.8. The Bertz CT molecular complexity index is 666. The van der Waals surface area contributed by atoms with Crippen molar-refractivity contribution >= 4 is 23.5 Å². The highest BCUT2D eigenvalue weighted by Gasteiger charge is 2.18. The van der Waals surface area contributed by atoms with Crippen molar-refractivity contribution in [3.8, 4) is 5.88 Å². The third-order valence-electron chi connectivity index (χ3n) is 2.73. The normalized spacial score (nSPS) is 10.2. The monoisotopic (exact) mass is 337 g/mol. The van der Waals surface area contributed by atoms with Gasteiger partial charge in [-0.25, -0.2) is 9.78 Å². The molecular formula is C14H16ClN5O3. The summed E-state index contributed by atoms with van der Waals surface area (Å²) >= 11 is 5.84. The van der Waals surface area contributed by atoms with Gasteiger partial charge < -0.3 is 15.0 Å². The molecule has 0 aliphatic rings. The maximum absolute atomic E-state index is 11.8. The molecule has 2 aromatic rings. The van der Waals surface area contributed by atoms with E-state index < -0.39 is 5.97 Å². The Balaban J connectivity index is 2.11. The van der Waals surface area contributed by atoms with Gasteiger partial charge in [-0.15, -0.1) is 0 Å². The third kappa shape index (κ3) is 4.78. The fraction of sp³-hybridized carbons (Fsp3) is 0.214. The van der Waals surface area contributed by atoms with Crippen molar-refractivity contribution in [2.24, 2.45) is 0 Å². The zero-order valence-corrected chi connectivity index (χ0v) is 13.3. The Morgan fingerprint density at radius 3 is 2.61 bits per heavy atom. The lowest BCUT2D eigenvalue weighted by molar-refractivity contribution is 0.0301. The fourth-order valence-electron chi connectivity index (χ4n) is 1.70. The van der Waals surface area contributed by atoms with Crippen molar-refractivity contribution < 1.29 is 14.5 Å². The lowest BCUT2D eigenvalue weighted by Crippen LogP contribution is -2.20. The highest BCUT2D eigenvalue weighted by Crippen LogP contribution is 2.17. The van der Waals surface area contributed by atoms with Crippen molar-refractivity contribution in [3.05, 3.63) is 46.6 Å². The molecule has 0 unspecified atom stereocenters. The summed E-state index contributed by atoms with van der Waals surface area (Å²) in [6.07, 6.45) is 1.32. The maximum Gasteiger partial charge on any atom is 0.364 e. The van der Waals surface area contributed by atoms with Crippen LogP contribution in [-0.4, -0.2) is 30.0 Å². The zero-order chi connectivity index (χ0) is 16.7. The molecule has 9 heteroatoms. The van der Waals surface area contributed by atoms with Crippen LogP contribution in [0.2, 0.25) is 5.02 Å². The van der Waals surface area contributed by atoms with E-state index in [0.717, 1.165) is 5.56 Å². The second-order valence-corrected chi connectivity index (χ2v) is 4.73. The average Bonchev–Trinajstić information content (AvgIpc) is 2.55. The summed E-state index contributed by atoms with van der Waals surface area (Å²) in [5.74, 6) is -0.283. The van der Waals surface area contributed by atoms with E-state index in [4.69, 9.17) is 16.4 Å². The van der Waals surface area contributed by atoms with Gasteiger partial charge in [-0.2, -0.15) is 15.9 Å². The van der Waals surface area contributed by atoms with Crippen molar-refractivity contribution in [2.75, 3.05) is 19.4 Å². The molecule has 0 saturated heterocycles. The largest absolute Gasteiger partial charge is 0.388 e. The smallest absolute Gasteiger partial charge is 0.364 e. The second-order valence-electron chi connectivity index (χ2n) is 4.29. The molecule has 0 atom stereocenters. The number of aromatic nitrogens is 2. The molecule has 0 amide bonds. The van der Waals surface area contributed by atoms with E-state index in [0.29, 0.717) is 17.5 Å². The highest BCUT2D eigenvalue weighted by atomic mass is 35.5. The minimum Gasteiger partial charge on any atom is -0.388 e. The van der Waals surface area contributed by atoms with Gasteiger partial charge >= 0.3 is 5.97 Å². The molecule has 1 aromatic heterocycles. The standard InChI is InChI=1S/C14H16ClN5O3/c1-16-22-12-11(13(21)23-17-2)8-19-14(20-12)18-7-9-3-5-10(15)6-4-9/h3-6,8,16-17H,7H2,1-2H3,(H,18,19,20). The third-order valence-corrected chi connectivity index (χ3v) is 2.98. The van der Waals surface area contributed by atoms with Crippen molar-refractivity contribution in [2.45, 2.75) is 6.54 Å². The Labute approximate surface area is 138 Å². The van der Waals surface area contributed by atoms with Crippen LogP contribution in [0.15, 0.2) is 30.5 Å². The highest BCUT2D eigenvalue weighted by molar-refractivity contribution is 6.30. The number of nitrogens with one attached hydrogen (secondary N) is 3. The van der Waals surface area contributed by atoms with Gasteiger partial charge in [-0.3, -0.25) is 0 Å². The van der Waals surface area contributed by atoms with Crippen LogP contribution in [0.3, 0.4) is 0 Å². The molecule has 3 N–H and O–H groups in total. The molecule has 23 heavy (non-hydrogen) atoms. The molecule has 0 spiro atoms. The van der Waals surface area contributed by atoms with Gasteiger partial charge in [0.2, 0.25) is 5.95 Å². The Morgan fingerprint density at radius 2 is 1.96 bits per heavy atom. The van der Waals surface area contributed by atoms with E-state index in [9.17, 15) is 4.79 Å². The van der Waals surface area contributed by atoms with Gasteiger partial charge in [0.25, 0.3) is 5.88 Å². The fourth-order valence-corrected chi connectivity index (χ4v) is 1.82. The first-order valence-electron chi connectivity index (χ1n) is 6.71. The summed E-state index contributed by atoms with van der Waals surface area (Å²) in [7, 11) is 3.02. The lowest BCUT2D eigenvalue weighted by atomic mass is 10.2. The van der Waals surface area contributed by atoms with Crippen LogP contribution in [0.25, 0.3) is 0 Å². The minimum atomic E-state index is -0.651. The van der Waals surface area contributed by atoms with Crippen molar-refractivity contribution in [1.29, 1.82) is 0 Å². The predicted molar refractivity (Wildman–Crippen MR) is 85.0 cm³/mol. The molecule has 1 heterocycles. The molecule has 0 radical (unpaired) electrons. The van der Waals surface area contributed by atoms with Gasteiger partial charge in [-0.1, -0.05) is 23.7 Å². The van der Waals surface area contributed by atoms with Crippen LogP contribution in [0, 0.1) is 0 Å². The number of hydrogen-bond donors (Lipinski definition) is 3. The molecule has 2 rings (SSSR count). The summed E-state index contributed by atoms with van der Waals surface area (Å²) in [4.78, 5) is 29.8. The predicted octanol–water partition coefficient (Wildman–Crippen LogP) is 1.55. The summed E-state index contributed by atoms with van der Waals surface area (Å²) in [6.45, 7) is 0.496. The van der Waals surface area contributed by atoms with Crippen LogP contribution in [0.4, 0.5) is 5.95 Å². The summed E-state index contributed by atoms with van der Waals surface area (Å²) in [6, 6.07) is 7.37. The van der Waals surface area contributed by atoms with Gasteiger partial charge in [-0.05, 0) is 17.7 Å². The number of anilines is 1. The molecular weight excluding hydrogens is 322 g/mol. The number of hydroxylamine groups is 2. The van der Waals surface area contributed by atoms with E-state index in [1.807, 2.05) is 12.1 Å². The molecule has 1 aromatic carbocycles. The van der Waals surface area contributed by atoms with Gasteiger partial charge in [0.15, 0.2) is 0 Å². The number of rotatable bonds is 7. The van der Waals surface area contributed by atoms with Crippen LogP contribution in [0.1, 0.15) is 15.9 Å². The lowest BCUT2D eigenvalue weighted by Gasteiger charge is -2.10. The molecule has 0 saturated carbocycles. The molecule has 8 nitrogen and oxygen atoms in total. The van der Waals surface area contributed by atoms with Crippen LogP contribution < -0.4 is 21.1 Å². The first-order valence-corrected chi connectivity index (χ1v) is 7.08. The van der Waals surface area contributed by atoms with Crippen molar-refractivity contribution in [1.82, 2.24) is 20.9 Å². The molecule has 0 fully saturated rings. The van der Waals surface area contributed by atoms with Crippen LogP contribution in [-0.2, 0) is 11.4 Å². The first-order chi connectivity index (χ1) is 11.1. The zero-order valence-electron chi connectivity index (χ0n) is 12.6. The average molecular weight is 338 g/mol. The van der Waals surface area contributed by atoms with Gasteiger partial charge in [0.1, 0.15) is 5.56 Å².